The molecule has 1 aliphatic rings. The van der Waals surface area contributed by atoms with E-state index in [0.29, 0.717) is 27.4 Å². The maximum absolute atomic E-state index is 12.8. The van der Waals surface area contributed by atoms with Crippen LogP contribution in [0.5, 0.6) is 5.88 Å². The van der Waals surface area contributed by atoms with Gasteiger partial charge in [0.25, 0.3) is 5.91 Å². The van der Waals surface area contributed by atoms with E-state index in [9.17, 15) is 14.7 Å². The molecule has 1 fully saturated rings. The van der Waals surface area contributed by atoms with Crippen LogP contribution in [0.15, 0.2) is 52.5 Å². The molecule has 0 saturated carbocycles. The van der Waals surface area contributed by atoms with Crippen molar-refractivity contribution in [3.05, 3.63) is 80.9 Å². The summed E-state index contributed by atoms with van der Waals surface area (Å²) >= 11 is 6.40. The Labute approximate surface area is 205 Å². The number of aryl methyl sites for hydroxylation is 3. The first-order valence-corrected chi connectivity index (χ1v) is 11.4. The molecular weight excluding hydrogens is 472 g/mol. The molecular formula is C24H20N4O4S2. The first-order valence-electron chi connectivity index (χ1n) is 10.2. The van der Waals surface area contributed by atoms with Crippen LogP contribution in [-0.4, -0.2) is 47.4 Å². The zero-order valence-corrected chi connectivity index (χ0v) is 20.1. The van der Waals surface area contributed by atoms with E-state index >= 15 is 0 Å². The summed E-state index contributed by atoms with van der Waals surface area (Å²) in [6.45, 7) is 5.73. The molecule has 2 aromatic carbocycles. The van der Waals surface area contributed by atoms with Gasteiger partial charge in [0.2, 0.25) is 5.88 Å². The number of benzene rings is 2. The lowest BCUT2D eigenvalue weighted by atomic mass is 10.1. The van der Waals surface area contributed by atoms with Gasteiger partial charge in [-0.3, -0.25) is 4.79 Å². The van der Waals surface area contributed by atoms with Gasteiger partial charge in [-0.1, -0.05) is 30.0 Å². The Bertz CT molecular complexity index is 1390. The van der Waals surface area contributed by atoms with Crippen molar-refractivity contribution in [2.24, 2.45) is 5.10 Å². The summed E-state index contributed by atoms with van der Waals surface area (Å²) < 4.78 is 1.67. The van der Waals surface area contributed by atoms with Gasteiger partial charge in [0.1, 0.15) is 0 Å². The SMILES string of the molecule is Cc1ccc(-n2nc(C)c(/C=N/N3C(=O)/C(=C/c4ccc(C(=O)O)cc4)SC3=S)c2O)cc1C. The molecule has 1 saturated heterocycles. The summed E-state index contributed by atoms with van der Waals surface area (Å²) in [4.78, 5) is 24.2. The Balaban J connectivity index is 1.57. The monoisotopic (exact) mass is 492 g/mol. The van der Waals surface area contributed by atoms with E-state index in [-0.39, 0.29) is 15.8 Å². The van der Waals surface area contributed by atoms with Crippen LogP contribution < -0.4 is 0 Å². The first kappa shape index (κ1) is 23.4. The predicted molar refractivity (Wildman–Crippen MR) is 135 cm³/mol. The van der Waals surface area contributed by atoms with Crippen molar-refractivity contribution in [2.45, 2.75) is 20.8 Å². The third-order valence-electron chi connectivity index (χ3n) is 5.35. The van der Waals surface area contributed by atoms with E-state index in [1.54, 1.807) is 25.1 Å². The number of amides is 1. The Kier molecular flexibility index (Phi) is 6.36. The molecule has 10 heteroatoms. The number of aromatic carboxylic acids is 1. The Hall–Kier alpha value is -3.76. The quantitative estimate of drug-likeness (QED) is 0.308. The van der Waals surface area contributed by atoms with Crippen LogP contribution in [0.1, 0.15) is 38.3 Å². The van der Waals surface area contributed by atoms with Gasteiger partial charge in [-0.25, -0.2) is 9.48 Å². The highest BCUT2D eigenvalue weighted by Crippen LogP contribution is 2.33. The lowest BCUT2D eigenvalue weighted by Crippen LogP contribution is -2.22. The number of aromatic hydroxyl groups is 1. The number of carbonyl (C=O) groups excluding carboxylic acids is 1. The molecule has 1 amide bonds. The molecule has 0 aliphatic carbocycles. The third kappa shape index (κ3) is 4.50. The van der Waals surface area contributed by atoms with Crippen LogP contribution in [0.4, 0.5) is 0 Å². The van der Waals surface area contributed by atoms with Crippen LogP contribution in [0, 0.1) is 20.8 Å². The van der Waals surface area contributed by atoms with Crippen LogP contribution in [0.3, 0.4) is 0 Å². The number of hydrogen-bond acceptors (Lipinski definition) is 7. The second kappa shape index (κ2) is 9.24. The van der Waals surface area contributed by atoms with E-state index in [1.807, 2.05) is 32.0 Å². The third-order valence-corrected chi connectivity index (χ3v) is 6.63. The van der Waals surface area contributed by atoms with E-state index < -0.39 is 11.9 Å². The fourth-order valence-corrected chi connectivity index (χ4v) is 4.44. The minimum Gasteiger partial charge on any atom is -0.493 e. The van der Waals surface area contributed by atoms with Crippen LogP contribution in [-0.2, 0) is 4.79 Å². The van der Waals surface area contributed by atoms with Crippen molar-refractivity contribution in [1.82, 2.24) is 14.8 Å². The van der Waals surface area contributed by atoms with E-state index in [4.69, 9.17) is 17.3 Å². The number of nitrogens with zero attached hydrogens (tertiary/aromatic N) is 4. The molecule has 0 unspecified atom stereocenters. The molecule has 4 rings (SSSR count). The van der Waals surface area contributed by atoms with E-state index in [2.05, 4.69) is 10.2 Å². The Morgan fingerprint density at radius 3 is 2.47 bits per heavy atom. The summed E-state index contributed by atoms with van der Waals surface area (Å²) in [7, 11) is 0. The second-order valence-electron chi connectivity index (χ2n) is 7.67. The standard InChI is InChI=1S/C24H20N4O4S2/c1-13-4-9-18(10-14(13)2)27-21(29)19(15(3)26-27)12-25-28-22(30)20(34-24(28)33)11-16-5-7-17(8-6-16)23(31)32/h4-12,29H,1-3H3,(H,31,32)/b20-11-,25-12+. The van der Waals surface area contributed by atoms with Crippen molar-refractivity contribution < 1.29 is 19.8 Å². The van der Waals surface area contributed by atoms with Gasteiger partial charge < -0.3 is 10.2 Å². The number of carboxylic acids is 1. The average Bonchev–Trinajstić information content (AvgIpc) is 3.23. The number of hydrazone groups is 1. The molecule has 2 N–H and O–H groups in total. The fraction of sp³-hybridized carbons (Fsp3) is 0.125. The van der Waals surface area contributed by atoms with Gasteiger partial charge in [0.15, 0.2) is 4.32 Å². The highest BCUT2D eigenvalue weighted by Gasteiger charge is 2.32. The molecule has 34 heavy (non-hydrogen) atoms. The molecule has 0 atom stereocenters. The summed E-state index contributed by atoms with van der Waals surface area (Å²) in [5.41, 5.74) is 4.66. The fourth-order valence-electron chi connectivity index (χ4n) is 3.26. The molecule has 1 aromatic heterocycles. The van der Waals surface area contributed by atoms with Gasteiger partial charge in [-0.05, 0) is 80.0 Å². The van der Waals surface area contributed by atoms with Gasteiger partial charge in [-0.2, -0.15) is 15.2 Å². The average molecular weight is 493 g/mol. The van der Waals surface area contributed by atoms with Gasteiger partial charge >= 0.3 is 5.97 Å². The number of thiocarbonyl (C=S) groups is 1. The van der Waals surface area contributed by atoms with Crippen molar-refractivity contribution in [3.63, 3.8) is 0 Å². The van der Waals surface area contributed by atoms with Crippen LogP contribution in [0.2, 0.25) is 0 Å². The molecule has 0 bridgehead atoms. The topological polar surface area (TPSA) is 108 Å². The number of aromatic nitrogens is 2. The second-order valence-corrected chi connectivity index (χ2v) is 9.34. The van der Waals surface area contributed by atoms with Crippen molar-refractivity contribution in [3.8, 4) is 11.6 Å². The molecule has 8 nitrogen and oxygen atoms in total. The number of hydrogen-bond donors (Lipinski definition) is 2. The number of rotatable bonds is 5. The Morgan fingerprint density at radius 2 is 1.82 bits per heavy atom. The summed E-state index contributed by atoms with van der Waals surface area (Å²) in [5.74, 6) is -1.53. The van der Waals surface area contributed by atoms with Crippen molar-refractivity contribution in [1.29, 1.82) is 0 Å². The van der Waals surface area contributed by atoms with E-state index in [0.717, 1.165) is 27.9 Å². The molecule has 3 aromatic rings. The van der Waals surface area contributed by atoms with Gasteiger partial charge in [0, 0.05) is 0 Å². The van der Waals surface area contributed by atoms with Gasteiger partial charge in [0.05, 0.1) is 33.6 Å². The smallest absolute Gasteiger partial charge is 0.335 e. The summed E-state index contributed by atoms with van der Waals surface area (Å²) in [5, 5.41) is 29.5. The molecule has 1 aliphatic heterocycles. The largest absolute Gasteiger partial charge is 0.493 e. The number of thioether (sulfide) groups is 1. The zero-order chi connectivity index (χ0) is 24.6. The molecule has 0 radical (unpaired) electrons. The number of carbonyl (C=O) groups is 2. The normalized spacial score (nSPS) is 15.1. The molecule has 0 spiro atoms. The Morgan fingerprint density at radius 1 is 1.12 bits per heavy atom. The van der Waals surface area contributed by atoms with Gasteiger partial charge in [-0.15, -0.1) is 0 Å². The molecule has 2 heterocycles. The minimum atomic E-state index is -1.02. The van der Waals surface area contributed by atoms with Crippen molar-refractivity contribution in [2.75, 3.05) is 0 Å². The minimum absolute atomic E-state index is 0.0935. The maximum atomic E-state index is 12.8. The maximum Gasteiger partial charge on any atom is 0.335 e. The summed E-state index contributed by atoms with van der Waals surface area (Å²) in [6.07, 6.45) is 2.99. The molecule has 172 valence electrons. The lowest BCUT2D eigenvalue weighted by Gasteiger charge is -2.07. The highest BCUT2D eigenvalue weighted by molar-refractivity contribution is 8.26. The van der Waals surface area contributed by atoms with Crippen molar-refractivity contribution >= 4 is 52.5 Å². The lowest BCUT2D eigenvalue weighted by molar-refractivity contribution is -0.122. The summed E-state index contributed by atoms with van der Waals surface area (Å²) in [6, 6.07) is 11.9. The highest BCUT2D eigenvalue weighted by atomic mass is 32.2. The first-order chi connectivity index (χ1) is 16.2. The van der Waals surface area contributed by atoms with Crippen LogP contribution >= 0.6 is 24.0 Å². The number of carboxylic acid groups (broad SMARTS) is 1. The van der Waals surface area contributed by atoms with Crippen LogP contribution in [0.25, 0.3) is 11.8 Å². The van der Waals surface area contributed by atoms with E-state index in [1.165, 1.54) is 23.0 Å². The predicted octanol–water partition coefficient (Wildman–Crippen LogP) is 4.44. The zero-order valence-electron chi connectivity index (χ0n) is 18.5.